The van der Waals surface area contributed by atoms with E-state index in [1.165, 1.54) is 6.42 Å². The molecule has 2 atom stereocenters. The fourth-order valence-corrected chi connectivity index (χ4v) is 5.09. The fraction of sp³-hybridized carbons (Fsp3) is 0.944. The summed E-state index contributed by atoms with van der Waals surface area (Å²) in [5, 5.41) is 3.02. The van der Waals surface area contributed by atoms with Gasteiger partial charge in [0.2, 0.25) is 5.91 Å². The summed E-state index contributed by atoms with van der Waals surface area (Å²) in [6.07, 6.45) is 2.70. The van der Waals surface area contributed by atoms with E-state index in [9.17, 15) is 18.0 Å². The summed E-state index contributed by atoms with van der Waals surface area (Å²) in [5.41, 5.74) is 6.26. The van der Waals surface area contributed by atoms with Gasteiger partial charge in [0, 0.05) is 18.5 Å². The summed E-state index contributed by atoms with van der Waals surface area (Å²) in [6.45, 7) is 0.529. The van der Waals surface area contributed by atoms with Crippen LogP contribution in [0.4, 0.5) is 13.2 Å². The van der Waals surface area contributed by atoms with E-state index in [1.54, 1.807) is 0 Å². The lowest BCUT2D eigenvalue weighted by molar-refractivity contribution is -0.183. The third kappa shape index (κ3) is 5.03. The Kier molecular flexibility index (Phi) is 7.05. The third-order valence-corrected chi connectivity index (χ3v) is 6.66. The quantitative estimate of drug-likeness (QED) is 0.773. The topological polar surface area (TPSA) is 55.1 Å². The van der Waals surface area contributed by atoms with Crippen molar-refractivity contribution in [2.75, 3.05) is 6.54 Å². The maximum absolute atomic E-state index is 12.7. The van der Waals surface area contributed by atoms with Crippen LogP contribution in [0.15, 0.2) is 0 Å². The molecule has 1 amide bonds. The summed E-state index contributed by atoms with van der Waals surface area (Å²) >= 11 is 0. The standard InChI is InChI=1S/C18H29F3N2O.ClH/c19-18(20,21)15-6-4-11(5-7-15)10-23-17(24)14-8-12-2-1-3-13(9-14)16(12)22;/h11-16H,1-10,22H2,(H,23,24);1H. The number of nitrogens with one attached hydrogen (secondary N) is 1. The minimum Gasteiger partial charge on any atom is -0.356 e. The number of halogens is 4. The molecule has 3 aliphatic rings. The summed E-state index contributed by atoms with van der Waals surface area (Å²) in [7, 11) is 0. The minimum atomic E-state index is -4.06. The Balaban J connectivity index is 0.00000225. The molecule has 0 radical (unpaired) electrons. The molecule has 3 nitrogen and oxygen atoms in total. The molecule has 2 unspecified atom stereocenters. The number of hydrogen-bond acceptors (Lipinski definition) is 2. The number of fused-ring (bicyclic) bond motifs is 2. The molecule has 3 N–H and O–H groups in total. The molecule has 3 aliphatic carbocycles. The summed E-state index contributed by atoms with van der Waals surface area (Å²) < 4.78 is 38.1. The van der Waals surface area contributed by atoms with Gasteiger partial charge in [-0.25, -0.2) is 0 Å². The maximum atomic E-state index is 12.7. The zero-order valence-corrected chi connectivity index (χ0v) is 15.4. The second-order valence-corrected chi connectivity index (χ2v) is 8.20. The number of amides is 1. The Labute approximate surface area is 154 Å². The predicted octanol–water partition coefficient (Wildman–Crippen LogP) is 4.05. The van der Waals surface area contributed by atoms with Gasteiger partial charge in [-0.15, -0.1) is 12.4 Å². The zero-order chi connectivity index (χ0) is 17.3. The number of nitrogens with two attached hydrogens (primary N) is 1. The first-order valence-corrected chi connectivity index (χ1v) is 9.44. The van der Waals surface area contributed by atoms with E-state index in [4.69, 9.17) is 5.73 Å². The molecule has 3 fully saturated rings. The second kappa shape index (κ2) is 8.47. The van der Waals surface area contributed by atoms with Crippen LogP contribution in [0, 0.1) is 29.6 Å². The van der Waals surface area contributed by atoms with Crippen LogP contribution in [-0.2, 0) is 4.79 Å². The van der Waals surface area contributed by atoms with Gasteiger partial charge in [-0.2, -0.15) is 13.2 Å². The lowest BCUT2D eigenvalue weighted by atomic mass is 9.65. The van der Waals surface area contributed by atoms with Gasteiger partial charge < -0.3 is 11.1 Å². The monoisotopic (exact) mass is 382 g/mol. The molecule has 3 saturated carbocycles. The van der Waals surface area contributed by atoms with Gasteiger partial charge in [-0.3, -0.25) is 4.79 Å². The molecule has 0 aromatic carbocycles. The SMILES string of the molecule is Cl.NC1C2CCCC1CC(C(=O)NCC1CCC(C(F)(F)F)CC1)C2. The summed E-state index contributed by atoms with van der Waals surface area (Å²) in [4.78, 5) is 12.5. The van der Waals surface area contributed by atoms with E-state index in [1.807, 2.05) is 0 Å². The van der Waals surface area contributed by atoms with E-state index < -0.39 is 12.1 Å². The Hall–Kier alpha value is -0.490. The van der Waals surface area contributed by atoms with E-state index in [0.717, 1.165) is 25.7 Å². The Morgan fingerprint density at radius 3 is 2.08 bits per heavy atom. The van der Waals surface area contributed by atoms with Gasteiger partial charge in [0.15, 0.2) is 0 Å². The predicted molar refractivity (Wildman–Crippen MR) is 93.3 cm³/mol. The van der Waals surface area contributed by atoms with E-state index in [-0.39, 0.29) is 49.0 Å². The van der Waals surface area contributed by atoms with Crippen LogP contribution < -0.4 is 11.1 Å². The van der Waals surface area contributed by atoms with Crippen molar-refractivity contribution in [1.82, 2.24) is 5.32 Å². The van der Waals surface area contributed by atoms with Gasteiger partial charge in [-0.05, 0) is 69.1 Å². The van der Waals surface area contributed by atoms with Gasteiger partial charge in [0.05, 0.1) is 5.92 Å². The van der Waals surface area contributed by atoms with Crippen LogP contribution in [0.25, 0.3) is 0 Å². The van der Waals surface area contributed by atoms with Crippen molar-refractivity contribution in [3.63, 3.8) is 0 Å². The molecule has 7 heteroatoms. The number of hydrogen-bond donors (Lipinski definition) is 2. The minimum absolute atomic E-state index is 0. The van der Waals surface area contributed by atoms with Gasteiger partial charge in [0.1, 0.15) is 0 Å². The normalized spacial score (nSPS) is 38.6. The molecule has 0 saturated heterocycles. The van der Waals surface area contributed by atoms with E-state index in [2.05, 4.69) is 5.32 Å². The summed E-state index contributed by atoms with van der Waals surface area (Å²) in [5.74, 6) is 0.121. The molecular formula is C18H30ClF3N2O. The number of alkyl halides is 3. The van der Waals surface area contributed by atoms with Gasteiger partial charge in [-0.1, -0.05) is 6.42 Å². The Bertz CT molecular complexity index is 438. The average molecular weight is 383 g/mol. The lowest BCUT2D eigenvalue weighted by Gasteiger charge is -2.43. The van der Waals surface area contributed by atoms with Crippen LogP contribution in [0.3, 0.4) is 0 Å². The fourth-order valence-electron chi connectivity index (χ4n) is 5.09. The molecule has 0 aromatic heterocycles. The summed E-state index contributed by atoms with van der Waals surface area (Å²) in [6, 6.07) is 0.250. The molecule has 0 spiro atoms. The van der Waals surface area contributed by atoms with Crippen LogP contribution in [0.2, 0.25) is 0 Å². The van der Waals surface area contributed by atoms with Crippen LogP contribution in [0.5, 0.6) is 0 Å². The molecule has 0 heterocycles. The highest BCUT2D eigenvalue weighted by molar-refractivity contribution is 5.85. The molecule has 3 rings (SSSR count). The van der Waals surface area contributed by atoms with Crippen molar-refractivity contribution in [3.8, 4) is 0 Å². The largest absolute Gasteiger partial charge is 0.391 e. The smallest absolute Gasteiger partial charge is 0.356 e. The first kappa shape index (κ1) is 20.8. The van der Waals surface area contributed by atoms with Crippen molar-refractivity contribution in [2.45, 2.75) is 70.0 Å². The number of rotatable bonds is 3. The molecule has 25 heavy (non-hydrogen) atoms. The van der Waals surface area contributed by atoms with E-state index in [0.29, 0.717) is 31.2 Å². The number of carbonyl (C=O) groups is 1. The maximum Gasteiger partial charge on any atom is 0.391 e. The first-order valence-electron chi connectivity index (χ1n) is 9.44. The molecule has 2 bridgehead atoms. The van der Waals surface area contributed by atoms with Crippen molar-refractivity contribution >= 4 is 18.3 Å². The van der Waals surface area contributed by atoms with Crippen molar-refractivity contribution in [2.24, 2.45) is 35.3 Å². The second-order valence-electron chi connectivity index (χ2n) is 8.20. The third-order valence-electron chi connectivity index (χ3n) is 6.66. The average Bonchev–Trinajstić information content (AvgIpc) is 2.52. The van der Waals surface area contributed by atoms with Crippen LogP contribution in [-0.4, -0.2) is 24.7 Å². The zero-order valence-electron chi connectivity index (χ0n) is 14.6. The Morgan fingerprint density at radius 2 is 1.56 bits per heavy atom. The van der Waals surface area contributed by atoms with E-state index >= 15 is 0 Å². The van der Waals surface area contributed by atoms with Crippen LogP contribution in [0.1, 0.15) is 57.8 Å². The molecule has 0 aromatic rings. The van der Waals surface area contributed by atoms with Gasteiger partial charge in [0.25, 0.3) is 0 Å². The van der Waals surface area contributed by atoms with Crippen molar-refractivity contribution in [1.29, 1.82) is 0 Å². The molecular weight excluding hydrogens is 353 g/mol. The highest BCUT2D eigenvalue weighted by Gasteiger charge is 2.42. The number of carbonyl (C=O) groups excluding carboxylic acids is 1. The highest BCUT2D eigenvalue weighted by atomic mass is 35.5. The lowest BCUT2D eigenvalue weighted by Crippen LogP contribution is -2.49. The Morgan fingerprint density at radius 1 is 1.00 bits per heavy atom. The van der Waals surface area contributed by atoms with Gasteiger partial charge >= 0.3 is 6.18 Å². The first-order chi connectivity index (χ1) is 11.3. The molecule has 146 valence electrons. The van der Waals surface area contributed by atoms with Crippen molar-refractivity contribution < 1.29 is 18.0 Å². The van der Waals surface area contributed by atoms with Crippen LogP contribution >= 0.6 is 12.4 Å². The molecule has 0 aliphatic heterocycles. The van der Waals surface area contributed by atoms with Crippen molar-refractivity contribution in [3.05, 3.63) is 0 Å². The highest BCUT2D eigenvalue weighted by Crippen LogP contribution is 2.42.